The molecule has 1 aromatic carbocycles. The number of likely N-dealkylation sites (tertiary alicyclic amines) is 1. The summed E-state index contributed by atoms with van der Waals surface area (Å²) in [6.45, 7) is 3.19. The minimum Gasteiger partial charge on any atom is -0.449 e. The molecule has 1 atom stereocenters. The first-order valence-corrected chi connectivity index (χ1v) is 10.6. The fourth-order valence-corrected chi connectivity index (χ4v) is 4.11. The zero-order chi connectivity index (χ0) is 21.8. The van der Waals surface area contributed by atoms with Gasteiger partial charge < -0.3 is 9.64 Å². The van der Waals surface area contributed by atoms with Gasteiger partial charge in [-0.15, -0.1) is 0 Å². The standard InChI is InChI=1S/C18H23F3N2O5S/c1-3-13-9-7-11-22(16(13)24)12-14-8-5-6-10-15(14)23(17(25)28-4-2)29(26,27)18(19,20)21/h5-6,8,10,13H,3-4,7,9,11-12H2,1-2H3. The molecule has 0 bridgehead atoms. The Kier molecular flexibility index (Phi) is 7.15. The van der Waals surface area contributed by atoms with Gasteiger partial charge in [0.1, 0.15) is 0 Å². The second-order valence-electron chi connectivity index (χ2n) is 6.55. The molecule has 7 nitrogen and oxygen atoms in total. The van der Waals surface area contributed by atoms with Gasteiger partial charge in [-0.1, -0.05) is 25.1 Å². The number of ether oxygens (including phenoxy) is 1. The molecule has 0 saturated carbocycles. The van der Waals surface area contributed by atoms with Gasteiger partial charge in [-0.05, 0) is 37.8 Å². The van der Waals surface area contributed by atoms with Crippen LogP contribution in [0.5, 0.6) is 0 Å². The van der Waals surface area contributed by atoms with Gasteiger partial charge in [0, 0.05) is 19.0 Å². The number of hydrogen-bond donors (Lipinski definition) is 0. The van der Waals surface area contributed by atoms with Crippen LogP contribution in [-0.4, -0.2) is 44.0 Å². The van der Waals surface area contributed by atoms with Crippen LogP contribution in [-0.2, 0) is 26.1 Å². The van der Waals surface area contributed by atoms with Crippen molar-refractivity contribution >= 4 is 27.7 Å². The van der Waals surface area contributed by atoms with Crippen LogP contribution in [0.15, 0.2) is 24.3 Å². The van der Waals surface area contributed by atoms with E-state index in [9.17, 15) is 31.2 Å². The lowest BCUT2D eigenvalue weighted by molar-refractivity contribution is -0.139. The summed E-state index contributed by atoms with van der Waals surface area (Å²) in [7, 11) is -6.05. The Hall–Kier alpha value is -2.30. The van der Waals surface area contributed by atoms with E-state index in [4.69, 9.17) is 0 Å². The predicted molar refractivity (Wildman–Crippen MR) is 99.3 cm³/mol. The van der Waals surface area contributed by atoms with E-state index in [0.29, 0.717) is 13.0 Å². The van der Waals surface area contributed by atoms with E-state index in [-0.39, 0.29) is 34.8 Å². The van der Waals surface area contributed by atoms with Gasteiger partial charge in [0.2, 0.25) is 5.91 Å². The minimum atomic E-state index is -6.05. The van der Waals surface area contributed by atoms with Gasteiger partial charge in [0.05, 0.1) is 12.3 Å². The summed E-state index contributed by atoms with van der Waals surface area (Å²) in [6, 6.07) is 5.27. The Morgan fingerprint density at radius 1 is 1.28 bits per heavy atom. The third-order valence-electron chi connectivity index (χ3n) is 4.67. The molecule has 1 aliphatic rings. The maximum absolute atomic E-state index is 13.2. The van der Waals surface area contributed by atoms with Crippen LogP contribution in [0.1, 0.15) is 38.7 Å². The summed E-state index contributed by atoms with van der Waals surface area (Å²) in [5.41, 5.74) is -6.10. The first-order chi connectivity index (χ1) is 13.5. The monoisotopic (exact) mass is 436 g/mol. The normalized spacial score (nSPS) is 17.9. The lowest BCUT2D eigenvalue weighted by Crippen LogP contribution is -2.46. The summed E-state index contributed by atoms with van der Waals surface area (Å²) >= 11 is 0. The smallest absolute Gasteiger partial charge is 0.449 e. The fraction of sp³-hybridized carbons (Fsp3) is 0.556. The highest BCUT2D eigenvalue weighted by atomic mass is 32.2. The van der Waals surface area contributed by atoms with Crippen LogP contribution in [0.2, 0.25) is 0 Å². The first-order valence-electron chi connectivity index (χ1n) is 9.19. The maximum Gasteiger partial charge on any atom is 0.517 e. The highest BCUT2D eigenvalue weighted by Gasteiger charge is 2.53. The summed E-state index contributed by atoms with van der Waals surface area (Å²) < 4.78 is 68.0. The average molecular weight is 436 g/mol. The van der Waals surface area contributed by atoms with Crippen LogP contribution >= 0.6 is 0 Å². The van der Waals surface area contributed by atoms with Gasteiger partial charge in [-0.25, -0.2) is 4.79 Å². The molecule has 0 spiro atoms. The number of anilines is 1. The van der Waals surface area contributed by atoms with E-state index in [1.54, 1.807) is 0 Å². The molecule has 29 heavy (non-hydrogen) atoms. The van der Waals surface area contributed by atoms with E-state index in [2.05, 4.69) is 4.74 Å². The van der Waals surface area contributed by atoms with Crippen LogP contribution in [0.3, 0.4) is 0 Å². The second-order valence-corrected chi connectivity index (χ2v) is 8.33. The predicted octanol–water partition coefficient (Wildman–Crippen LogP) is 3.65. The van der Waals surface area contributed by atoms with Gasteiger partial charge in [0.25, 0.3) is 0 Å². The summed E-state index contributed by atoms with van der Waals surface area (Å²) in [5, 5.41) is 0. The molecule has 0 N–H and O–H groups in total. The largest absolute Gasteiger partial charge is 0.517 e. The first kappa shape index (κ1) is 23.0. The van der Waals surface area contributed by atoms with Crippen molar-refractivity contribution in [3.63, 3.8) is 0 Å². The number of halogens is 3. The number of benzene rings is 1. The lowest BCUT2D eigenvalue weighted by Gasteiger charge is -2.33. The Morgan fingerprint density at radius 2 is 1.93 bits per heavy atom. The van der Waals surface area contributed by atoms with Crippen LogP contribution < -0.4 is 4.31 Å². The number of carbonyl (C=O) groups is 2. The van der Waals surface area contributed by atoms with Crippen molar-refractivity contribution in [3.05, 3.63) is 29.8 Å². The summed E-state index contributed by atoms with van der Waals surface area (Å²) in [5.74, 6) is -0.328. The molecule has 162 valence electrons. The van der Waals surface area contributed by atoms with Crippen molar-refractivity contribution in [2.45, 2.75) is 45.2 Å². The summed E-state index contributed by atoms with van der Waals surface area (Å²) in [4.78, 5) is 26.2. The molecule has 11 heteroatoms. The molecule has 1 aliphatic heterocycles. The van der Waals surface area contributed by atoms with E-state index in [0.717, 1.165) is 18.9 Å². The topological polar surface area (TPSA) is 84.0 Å². The maximum atomic E-state index is 13.2. The van der Waals surface area contributed by atoms with E-state index in [1.165, 1.54) is 30.0 Å². The second kappa shape index (κ2) is 9.02. The van der Waals surface area contributed by atoms with E-state index in [1.807, 2.05) is 6.92 Å². The molecule has 0 aromatic heterocycles. The molecule has 1 saturated heterocycles. The van der Waals surface area contributed by atoms with Crippen molar-refractivity contribution in [3.8, 4) is 0 Å². The minimum absolute atomic E-state index is 0.0958. The van der Waals surface area contributed by atoms with E-state index >= 15 is 0 Å². The fourth-order valence-electron chi connectivity index (χ4n) is 3.22. The van der Waals surface area contributed by atoms with Gasteiger partial charge in [-0.2, -0.15) is 25.9 Å². The average Bonchev–Trinajstić information content (AvgIpc) is 2.64. The van der Waals surface area contributed by atoms with Crippen LogP contribution in [0, 0.1) is 5.92 Å². The number of carbonyl (C=O) groups excluding carboxylic acids is 2. The van der Waals surface area contributed by atoms with Crippen molar-refractivity contribution in [2.24, 2.45) is 5.92 Å². The number of rotatable bonds is 6. The molecule has 1 aromatic rings. The van der Waals surface area contributed by atoms with Gasteiger partial charge >= 0.3 is 21.6 Å². The number of alkyl halides is 3. The van der Waals surface area contributed by atoms with Crippen molar-refractivity contribution in [1.29, 1.82) is 0 Å². The number of nitrogens with zero attached hydrogens (tertiary/aromatic N) is 2. The van der Waals surface area contributed by atoms with Crippen molar-refractivity contribution in [1.82, 2.24) is 4.90 Å². The number of piperidine rings is 1. The zero-order valence-corrected chi connectivity index (χ0v) is 16.9. The molecule has 1 fully saturated rings. The van der Waals surface area contributed by atoms with Gasteiger partial charge in [-0.3, -0.25) is 4.79 Å². The Labute approximate surface area is 167 Å². The highest BCUT2D eigenvalue weighted by molar-refractivity contribution is 7.94. The molecule has 1 heterocycles. The third kappa shape index (κ3) is 4.82. The zero-order valence-electron chi connectivity index (χ0n) is 16.1. The molecule has 2 amide bonds. The summed E-state index contributed by atoms with van der Waals surface area (Å²) in [6.07, 6.45) is 0.433. The number of amides is 2. The Balaban J connectivity index is 2.49. The highest BCUT2D eigenvalue weighted by Crippen LogP contribution is 2.34. The van der Waals surface area contributed by atoms with E-state index < -0.39 is 27.3 Å². The van der Waals surface area contributed by atoms with Crippen LogP contribution in [0.4, 0.5) is 23.7 Å². The van der Waals surface area contributed by atoms with Crippen molar-refractivity contribution < 1.29 is 35.9 Å². The molecule has 2 rings (SSSR count). The number of para-hydroxylation sites is 1. The SMILES string of the molecule is CCOC(=O)N(c1ccccc1CN1CCCC(CC)C1=O)S(=O)(=O)C(F)(F)F. The van der Waals surface area contributed by atoms with Crippen molar-refractivity contribution in [2.75, 3.05) is 17.5 Å². The molecule has 0 radical (unpaired) electrons. The van der Waals surface area contributed by atoms with Crippen LogP contribution in [0.25, 0.3) is 0 Å². The Morgan fingerprint density at radius 3 is 2.52 bits per heavy atom. The molecular formula is C18H23F3N2O5S. The Bertz CT molecular complexity index is 857. The number of hydrogen-bond acceptors (Lipinski definition) is 5. The number of sulfonamides is 1. The molecule has 0 aliphatic carbocycles. The molecule has 1 unspecified atom stereocenters. The molecular weight excluding hydrogens is 413 g/mol. The third-order valence-corrected chi connectivity index (χ3v) is 6.08. The van der Waals surface area contributed by atoms with Gasteiger partial charge in [0.15, 0.2) is 0 Å². The quantitative estimate of drug-likeness (QED) is 0.680. The lowest BCUT2D eigenvalue weighted by atomic mass is 9.94.